The molecule has 23 heavy (non-hydrogen) atoms. The van der Waals surface area contributed by atoms with Crippen molar-refractivity contribution in [3.8, 4) is 11.5 Å². The molecule has 1 aliphatic rings. The van der Waals surface area contributed by atoms with Crippen molar-refractivity contribution >= 4 is 23.5 Å². The molecule has 0 bridgehead atoms. The van der Waals surface area contributed by atoms with E-state index in [-0.39, 0.29) is 5.91 Å². The van der Waals surface area contributed by atoms with Gasteiger partial charge in [0, 0.05) is 29.6 Å². The molecule has 1 aromatic carbocycles. The second-order valence-corrected chi connectivity index (χ2v) is 6.30. The smallest absolute Gasteiger partial charge is 0.226 e. The normalized spacial score (nSPS) is 13.4. The molecule has 7 heteroatoms. The highest BCUT2D eigenvalue weighted by Crippen LogP contribution is 2.34. The minimum atomic E-state index is -0.0832. The molecule has 0 fully saturated rings. The summed E-state index contributed by atoms with van der Waals surface area (Å²) >= 11 is 1.60. The number of hydrogen-bond acceptors (Lipinski definition) is 6. The predicted octanol–water partition coefficient (Wildman–Crippen LogP) is 3.27. The standard InChI is InChI=1S/C16H18N2O4S/c1-11-9-15(18-22-11)17-16(19)5-8-23-12-3-4-13-14(10-12)21-7-2-6-20-13/h3-4,9-10H,2,5-8H2,1H3,(H,17,18,19). The van der Waals surface area contributed by atoms with Crippen LogP contribution in [0.4, 0.5) is 5.82 Å². The maximum Gasteiger partial charge on any atom is 0.226 e. The average Bonchev–Trinajstić information content (AvgIpc) is 2.80. The lowest BCUT2D eigenvalue weighted by Gasteiger charge is -2.09. The predicted molar refractivity (Wildman–Crippen MR) is 87.3 cm³/mol. The van der Waals surface area contributed by atoms with Gasteiger partial charge < -0.3 is 19.3 Å². The molecule has 1 aliphatic heterocycles. The maximum atomic E-state index is 11.8. The summed E-state index contributed by atoms with van der Waals surface area (Å²) in [7, 11) is 0. The molecule has 6 nitrogen and oxygen atoms in total. The quantitative estimate of drug-likeness (QED) is 0.846. The van der Waals surface area contributed by atoms with Crippen molar-refractivity contribution in [3.05, 3.63) is 30.0 Å². The average molecular weight is 334 g/mol. The lowest BCUT2D eigenvalue weighted by molar-refractivity contribution is -0.115. The number of nitrogens with zero attached hydrogens (tertiary/aromatic N) is 1. The highest BCUT2D eigenvalue weighted by atomic mass is 32.2. The molecule has 2 aromatic rings. The Morgan fingerprint density at radius 1 is 1.26 bits per heavy atom. The van der Waals surface area contributed by atoms with Gasteiger partial charge in [0.05, 0.1) is 13.2 Å². The van der Waals surface area contributed by atoms with Gasteiger partial charge in [0.2, 0.25) is 5.91 Å². The molecule has 1 N–H and O–H groups in total. The summed E-state index contributed by atoms with van der Waals surface area (Å²) in [6.45, 7) is 3.13. The summed E-state index contributed by atoms with van der Waals surface area (Å²) in [6, 6.07) is 7.55. The SMILES string of the molecule is Cc1cc(NC(=O)CCSc2ccc3c(c2)OCCCO3)no1. The Morgan fingerprint density at radius 2 is 2.09 bits per heavy atom. The summed E-state index contributed by atoms with van der Waals surface area (Å²) in [5, 5.41) is 6.44. The van der Waals surface area contributed by atoms with Gasteiger partial charge in [0.1, 0.15) is 5.76 Å². The lowest BCUT2D eigenvalue weighted by atomic mass is 10.3. The number of carbonyl (C=O) groups excluding carboxylic acids is 1. The van der Waals surface area contributed by atoms with Crippen LogP contribution in [0.15, 0.2) is 33.7 Å². The van der Waals surface area contributed by atoms with E-state index >= 15 is 0 Å². The van der Waals surface area contributed by atoms with Gasteiger partial charge in [-0.15, -0.1) is 11.8 Å². The molecule has 3 rings (SSSR count). The van der Waals surface area contributed by atoms with Gasteiger partial charge in [-0.1, -0.05) is 5.16 Å². The Bertz CT molecular complexity index is 686. The van der Waals surface area contributed by atoms with E-state index in [9.17, 15) is 4.79 Å². The van der Waals surface area contributed by atoms with Gasteiger partial charge in [-0.2, -0.15) is 0 Å². The zero-order valence-electron chi connectivity index (χ0n) is 12.8. The van der Waals surface area contributed by atoms with Crippen molar-refractivity contribution < 1.29 is 18.8 Å². The number of thioether (sulfide) groups is 1. The molecule has 1 amide bonds. The Balaban J connectivity index is 1.48. The van der Waals surface area contributed by atoms with Crippen molar-refractivity contribution in [3.63, 3.8) is 0 Å². The number of fused-ring (bicyclic) bond motifs is 1. The number of carbonyl (C=O) groups is 1. The fraction of sp³-hybridized carbons (Fsp3) is 0.375. The summed E-state index contributed by atoms with van der Waals surface area (Å²) in [5.41, 5.74) is 0. The third kappa shape index (κ3) is 4.41. The number of ether oxygens (including phenoxy) is 2. The van der Waals surface area contributed by atoms with Gasteiger partial charge in [0.15, 0.2) is 17.3 Å². The van der Waals surface area contributed by atoms with E-state index in [1.165, 1.54) is 0 Å². The first-order chi connectivity index (χ1) is 11.2. The Kier molecular flexibility index (Phi) is 5.07. The Labute approximate surface area is 138 Å². The maximum absolute atomic E-state index is 11.8. The van der Waals surface area contributed by atoms with E-state index < -0.39 is 0 Å². The zero-order chi connectivity index (χ0) is 16.1. The number of hydrogen-bond donors (Lipinski definition) is 1. The molecule has 0 spiro atoms. The molecule has 0 radical (unpaired) electrons. The number of rotatable bonds is 5. The van der Waals surface area contributed by atoms with Gasteiger partial charge in [-0.3, -0.25) is 4.79 Å². The summed E-state index contributed by atoms with van der Waals surface area (Å²) in [5.74, 6) is 3.26. The van der Waals surface area contributed by atoms with Crippen LogP contribution in [0, 0.1) is 6.92 Å². The fourth-order valence-corrected chi connectivity index (χ4v) is 3.00. The van der Waals surface area contributed by atoms with Crippen LogP contribution in [-0.2, 0) is 4.79 Å². The van der Waals surface area contributed by atoms with E-state index in [2.05, 4.69) is 10.5 Å². The highest BCUT2D eigenvalue weighted by molar-refractivity contribution is 7.99. The van der Waals surface area contributed by atoms with Crippen molar-refractivity contribution in [1.29, 1.82) is 0 Å². The minimum Gasteiger partial charge on any atom is -0.490 e. The van der Waals surface area contributed by atoms with Gasteiger partial charge in [0.25, 0.3) is 0 Å². The zero-order valence-corrected chi connectivity index (χ0v) is 13.6. The monoisotopic (exact) mass is 334 g/mol. The van der Waals surface area contributed by atoms with Crippen LogP contribution in [0.3, 0.4) is 0 Å². The minimum absolute atomic E-state index is 0.0832. The van der Waals surface area contributed by atoms with Crippen molar-refractivity contribution in [2.24, 2.45) is 0 Å². The van der Waals surface area contributed by atoms with E-state index in [1.807, 2.05) is 18.2 Å². The number of anilines is 1. The molecule has 2 heterocycles. The molecular weight excluding hydrogens is 316 g/mol. The molecule has 0 unspecified atom stereocenters. The first kappa shape index (κ1) is 15.7. The van der Waals surface area contributed by atoms with Crippen molar-refractivity contribution in [2.75, 3.05) is 24.3 Å². The van der Waals surface area contributed by atoms with Crippen LogP contribution >= 0.6 is 11.8 Å². The number of benzene rings is 1. The number of aromatic nitrogens is 1. The summed E-state index contributed by atoms with van der Waals surface area (Å²) < 4.78 is 16.2. The van der Waals surface area contributed by atoms with Gasteiger partial charge in [-0.25, -0.2) is 0 Å². The van der Waals surface area contributed by atoms with Gasteiger partial charge >= 0.3 is 0 Å². The number of amides is 1. The van der Waals surface area contributed by atoms with Crippen LogP contribution < -0.4 is 14.8 Å². The van der Waals surface area contributed by atoms with Crippen LogP contribution in [0.25, 0.3) is 0 Å². The second kappa shape index (κ2) is 7.41. The summed E-state index contributed by atoms with van der Waals surface area (Å²) in [4.78, 5) is 12.9. The molecule has 0 atom stereocenters. The van der Waals surface area contributed by atoms with Crippen molar-refractivity contribution in [1.82, 2.24) is 5.16 Å². The van der Waals surface area contributed by atoms with E-state index in [4.69, 9.17) is 14.0 Å². The van der Waals surface area contributed by atoms with Crippen LogP contribution in [0.2, 0.25) is 0 Å². The molecular formula is C16H18N2O4S. The molecule has 0 saturated heterocycles. The van der Waals surface area contributed by atoms with E-state index in [0.717, 1.165) is 22.8 Å². The van der Waals surface area contributed by atoms with Crippen molar-refractivity contribution in [2.45, 2.75) is 24.7 Å². The van der Waals surface area contributed by atoms with E-state index in [1.54, 1.807) is 24.8 Å². The largest absolute Gasteiger partial charge is 0.490 e. The summed E-state index contributed by atoms with van der Waals surface area (Å²) in [6.07, 6.45) is 1.28. The van der Waals surface area contributed by atoms with Crippen LogP contribution in [0.5, 0.6) is 11.5 Å². The highest BCUT2D eigenvalue weighted by Gasteiger charge is 2.11. The lowest BCUT2D eigenvalue weighted by Crippen LogP contribution is -2.12. The Morgan fingerprint density at radius 3 is 2.87 bits per heavy atom. The number of aryl methyl sites for hydroxylation is 1. The van der Waals surface area contributed by atoms with E-state index in [0.29, 0.717) is 37.0 Å². The number of nitrogens with one attached hydrogen (secondary N) is 1. The first-order valence-electron chi connectivity index (χ1n) is 7.46. The third-order valence-electron chi connectivity index (χ3n) is 3.21. The molecule has 0 aliphatic carbocycles. The molecule has 0 saturated carbocycles. The first-order valence-corrected chi connectivity index (χ1v) is 8.45. The Hall–Kier alpha value is -2.15. The molecule has 1 aromatic heterocycles. The third-order valence-corrected chi connectivity index (χ3v) is 4.21. The molecule has 122 valence electrons. The van der Waals surface area contributed by atoms with Crippen LogP contribution in [0.1, 0.15) is 18.6 Å². The second-order valence-electron chi connectivity index (χ2n) is 5.13. The fourth-order valence-electron chi connectivity index (χ4n) is 2.13. The van der Waals surface area contributed by atoms with Crippen LogP contribution in [-0.4, -0.2) is 30.0 Å². The van der Waals surface area contributed by atoms with Gasteiger partial charge in [-0.05, 0) is 25.1 Å². The topological polar surface area (TPSA) is 73.6 Å².